The first-order chi connectivity index (χ1) is 6.58. The number of hydrogen-bond donors (Lipinski definition) is 2. The van der Waals surface area contributed by atoms with Crippen molar-refractivity contribution in [3.63, 3.8) is 0 Å². The van der Waals surface area contributed by atoms with E-state index in [1.807, 2.05) is 0 Å². The van der Waals surface area contributed by atoms with Crippen LogP contribution in [0.2, 0.25) is 0 Å². The highest BCUT2D eigenvalue weighted by molar-refractivity contribution is 5.66. The first-order valence-electron chi connectivity index (χ1n) is 4.40. The lowest BCUT2D eigenvalue weighted by Crippen LogP contribution is -2.29. The summed E-state index contributed by atoms with van der Waals surface area (Å²) < 4.78 is 0. The molecule has 4 nitrogen and oxygen atoms in total. The average molecular weight is 193 g/mol. The summed E-state index contributed by atoms with van der Waals surface area (Å²) in [6.45, 7) is 1.78. The Kier molecular flexibility index (Phi) is 3.34. The van der Waals surface area contributed by atoms with Crippen molar-refractivity contribution < 1.29 is 9.90 Å². The lowest BCUT2D eigenvalue weighted by atomic mass is 10.2. The molecule has 1 atom stereocenters. The summed E-state index contributed by atoms with van der Waals surface area (Å²) in [5.41, 5.74) is 7.04. The zero-order valence-corrected chi connectivity index (χ0v) is 7.99. The molecule has 1 unspecified atom stereocenters. The number of carboxylic acid groups (broad SMARTS) is 1. The maximum absolute atomic E-state index is 10.3. The maximum atomic E-state index is 10.3. The van der Waals surface area contributed by atoms with Gasteiger partial charge in [0.15, 0.2) is 0 Å². The molecule has 0 aliphatic rings. The highest BCUT2D eigenvalue weighted by Gasteiger charge is 2.01. The third-order valence-corrected chi connectivity index (χ3v) is 1.80. The fourth-order valence-electron chi connectivity index (χ4n) is 1.16. The van der Waals surface area contributed by atoms with Crippen molar-refractivity contribution in [1.29, 1.82) is 0 Å². The fraction of sp³-hybridized carbons (Fsp3) is 0.300. The molecule has 0 aromatic heterocycles. The molecule has 0 amide bonds. The first kappa shape index (κ1) is 10.4. The Bertz CT molecular complexity index is 308. The summed E-state index contributed by atoms with van der Waals surface area (Å²) >= 11 is 0. The van der Waals surface area contributed by atoms with Crippen molar-refractivity contribution in [2.75, 3.05) is 11.1 Å². The van der Waals surface area contributed by atoms with Gasteiger partial charge in [-0.25, -0.2) is 0 Å². The average Bonchev–Trinajstić information content (AvgIpc) is 2.07. The number of carbonyl (C=O) groups is 1. The molecule has 1 rings (SSSR count). The van der Waals surface area contributed by atoms with Crippen LogP contribution in [0.4, 0.5) is 11.4 Å². The van der Waals surface area contributed by atoms with Crippen LogP contribution in [0.15, 0.2) is 24.3 Å². The quantitative estimate of drug-likeness (QED) is 0.670. The van der Waals surface area contributed by atoms with Gasteiger partial charge in [-0.05, 0) is 31.2 Å². The van der Waals surface area contributed by atoms with Crippen LogP contribution in [-0.4, -0.2) is 12.0 Å². The molecule has 4 heteroatoms. The molecule has 0 fully saturated rings. The number of nitrogens with two attached hydrogens (primary N) is 1. The van der Waals surface area contributed by atoms with Crippen LogP contribution < -0.4 is 16.2 Å². The van der Waals surface area contributed by atoms with Gasteiger partial charge >= 0.3 is 0 Å². The Morgan fingerprint density at radius 3 is 2.57 bits per heavy atom. The van der Waals surface area contributed by atoms with Gasteiger partial charge in [0, 0.05) is 29.8 Å². The summed E-state index contributed by atoms with van der Waals surface area (Å²) in [5, 5.41) is 13.3. The largest absolute Gasteiger partial charge is 0.550 e. The number of anilines is 2. The lowest BCUT2D eigenvalue weighted by Gasteiger charge is -2.15. The molecule has 0 bridgehead atoms. The van der Waals surface area contributed by atoms with Crippen LogP contribution in [-0.2, 0) is 4.79 Å². The Labute approximate surface area is 82.7 Å². The van der Waals surface area contributed by atoms with Gasteiger partial charge in [0.1, 0.15) is 0 Å². The highest BCUT2D eigenvalue weighted by atomic mass is 16.4. The van der Waals surface area contributed by atoms with Crippen LogP contribution in [0.25, 0.3) is 0 Å². The van der Waals surface area contributed by atoms with Gasteiger partial charge in [-0.3, -0.25) is 0 Å². The number of carbonyl (C=O) groups excluding carboxylic acids is 1. The van der Waals surface area contributed by atoms with Crippen LogP contribution in [0.1, 0.15) is 13.3 Å². The third-order valence-electron chi connectivity index (χ3n) is 1.80. The normalized spacial score (nSPS) is 12.1. The predicted octanol–water partition coefficient (Wildman–Crippen LogP) is 0.209. The van der Waals surface area contributed by atoms with E-state index in [4.69, 9.17) is 5.73 Å². The minimum absolute atomic E-state index is 0.00955. The lowest BCUT2D eigenvalue weighted by molar-refractivity contribution is -0.305. The van der Waals surface area contributed by atoms with Crippen molar-refractivity contribution in [2.45, 2.75) is 19.4 Å². The monoisotopic (exact) mass is 193 g/mol. The van der Waals surface area contributed by atoms with Crippen LogP contribution in [0.5, 0.6) is 0 Å². The van der Waals surface area contributed by atoms with Crippen LogP contribution in [0.3, 0.4) is 0 Å². The minimum atomic E-state index is -1.06. The molecule has 0 saturated heterocycles. The smallest absolute Gasteiger partial charge is 0.0434 e. The van der Waals surface area contributed by atoms with E-state index < -0.39 is 5.97 Å². The minimum Gasteiger partial charge on any atom is -0.550 e. The molecule has 14 heavy (non-hydrogen) atoms. The van der Waals surface area contributed by atoms with Gasteiger partial charge in [-0.1, -0.05) is 0 Å². The van der Waals surface area contributed by atoms with E-state index in [1.54, 1.807) is 31.2 Å². The van der Waals surface area contributed by atoms with E-state index in [-0.39, 0.29) is 12.5 Å². The van der Waals surface area contributed by atoms with Gasteiger partial charge in [0.2, 0.25) is 0 Å². The van der Waals surface area contributed by atoms with E-state index in [9.17, 15) is 9.90 Å². The summed E-state index contributed by atoms with van der Waals surface area (Å²) in [5.74, 6) is -1.06. The second-order valence-electron chi connectivity index (χ2n) is 3.24. The number of nitrogens with one attached hydrogen (secondary N) is 1. The topological polar surface area (TPSA) is 78.2 Å². The first-order valence-corrected chi connectivity index (χ1v) is 4.40. The summed E-state index contributed by atoms with van der Waals surface area (Å²) in [7, 11) is 0. The van der Waals surface area contributed by atoms with Crippen LogP contribution >= 0.6 is 0 Å². The molecular weight excluding hydrogens is 180 g/mol. The number of nitrogen functional groups attached to an aromatic ring is 1. The van der Waals surface area contributed by atoms with Gasteiger partial charge in [-0.15, -0.1) is 0 Å². The summed E-state index contributed by atoms with van der Waals surface area (Å²) in [4.78, 5) is 10.3. The Balaban J connectivity index is 2.51. The number of hydrogen-bond acceptors (Lipinski definition) is 4. The SMILES string of the molecule is CC(CC(=O)[O-])Nc1ccc(N)cc1. The number of aliphatic carboxylic acids is 1. The van der Waals surface area contributed by atoms with Gasteiger partial charge < -0.3 is 21.0 Å². The Morgan fingerprint density at radius 1 is 1.50 bits per heavy atom. The van der Waals surface area contributed by atoms with Crippen molar-refractivity contribution in [3.8, 4) is 0 Å². The van der Waals surface area contributed by atoms with Crippen molar-refractivity contribution in [3.05, 3.63) is 24.3 Å². The summed E-state index contributed by atoms with van der Waals surface area (Å²) in [6, 6.07) is 6.98. The van der Waals surface area contributed by atoms with Crippen molar-refractivity contribution >= 4 is 17.3 Å². The number of benzene rings is 1. The van der Waals surface area contributed by atoms with E-state index in [0.717, 1.165) is 5.69 Å². The van der Waals surface area contributed by atoms with E-state index in [1.165, 1.54) is 0 Å². The van der Waals surface area contributed by atoms with E-state index >= 15 is 0 Å². The molecule has 76 valence electrons. The Hall–Kier alpha value is -1.71. The molecule has 0 spiro atoms. The number of carboxylic acids is 1. The third kappa shape index (κ3) is 3.35. The van der Waals surface area contributed by atoms with Gasteiger partial charge in [0.25, 0.3) is 0 Å². The summed E-state index contributed by atoms with van der Waals surface area (Å²) in [6.07, 6.45) is -0.00955. The highest BCUT2D eigenvalue weighted by Crippen LogP contribution is 2.12. The molecule has 0 aliphatic heterocycles. The molecule has 0 heterocycles. The zero-order valence-electron chi connectivity index (χ0n) is 7.99. The molecule has 0 radical (unpaired) electrons. The zero-order chi connectivity index (χ0) is 10.6. The second-order valence-corrected chi connectivity index (χ2v) is 3.24. The molecule has 1 aromatic rings. The van der Waals surface area contributed by atoms with Crippen molar-refractivity contribution in [1.82, 2.24) is 0 Å². The molecular formula is C10H13N2O2-. The molecule has 1 aromatic carbocycles. The second kappa shape index (κ2) is 4.50. The van der Waals surface area contributed by atoms with E-state index in [2.05, 4.69) is 5.32 Å². The molecule has 0 aliphatic carbocycles. The van der Waals surface area contributed by atoms with E-state index in [0.29, 0.717) is 5.69 Å². The Morgan fingerprint density at radius 2 is 2.07 bits per heavy atom. The molecule has 0 saturated carbocycles. The van der Waals surface area contributed by atoms with Gasteiger partial charge in [-0.2, -0.15) is 0 Å². The maximum Gasteiger partial charge on any atom is 0.0434 e. The predicted molar refractivity (Wildman–Crippen MR) is 53.6 cm³/mol. The standard InChI is InChI=1S/C10H14N2O2/c1-7(6-10(13)14)12-9-4-2-8(11)3-5-9/h2-5,7,12H,6,11H2,1H3,(H,13,14)/p-1. The van der Waals surface area contributed by atoms with Crippen molar-refractivity contribution in [2.24, 2.45) is 0 Å². The van der Waals surface area contributed by atoms with Gasteiger partial charge in [0.05, 0.1) is 0 Å². The number of rotatable bonds is 4. The molecule has 3 N–H and O–H groups in total. The van der Waals surface area contributed by atoms with Crippen LogP contribution in [0, 0.1) is 0 Å². The fourth-order valence-corrected chi connectivity index (χ4v) is 1.16.